The lowest BCUT2D eigenvalue weighted by molar-refractivity contribution is -0.00724. The van der Waals surface area contributed by atoms with Gasteiger partial charge in [0.05, 0.1) is 13.2 Å². The summed E-state index contributed by atoms with van der Waals surface area (Å²) >= 11 is 0. The molecule has 0 aromatic heterocycles. The molecule has 23 heavy (non-hydrogen) atoms. The number of benzene rings is 1. The Morgan fingerprint density at radius 2 is 1.70 bits per heavy atom. The first-order valence-corrected chi connectivity index (χ1v) is 7.91. The van der Waals surface area contributed by atoms with E-state index < -0.39 is 6.09 Å². The van der Waals surface area contributed by atoms with Crippen molar-refractivity contribution in [1.29, 1.82) is 0 Å². The topological polar surface area (TPSA) is 71.1 Å². The normalized spacial score (nSPS) is 14.3. The number of hydrazine groups is 1. The van der Waals surface area contributed by atoms with Crippen molar-refractivity contribution in [2.45, 2.75) is 26.7 Å². The third-order valence-corrected chi connectivity index (χ3v) is 3.41. The predicted octanol–water partition coefficient (Wildman–Crippen LogP) is 3.09. The van der Waals surface area contributed by atoms with Gasteiger partial charge in [-0.2, -0.15) is 0 Å². The lowest BCUT2D eigenvalue weighted by atomic mass is 10.2. The fraction of sp³-hybridized carbons (Fsp3) is 0.500. The van der Waals surface area contributed by atoms with Crippen LogP contribution in [0.25, 0.3) is 0 Å². The van der Waals surface area contributed by atoms with Crippen molar-refractivity contribution in [3.8, 4) is 5.75 Å². The van der Waals surface area contributed by atoms with Crippen LogP contribution in [-0.2, 0) is 4.74 Å². The summed E-state index contributed by atoms with van der Waals surface area (Å²) < 4.78 is 10.4. The average Bonchev–Trinajstić information content (AvgIpc) is 2.57. The Morgan fingerprint density at radius 3 is 2.30 bits per heavy atom. The first-order chi connectivity index (χ1) is 11.2. The third kappa shape index (κ3) is 4.51. The molecule has 3 amide bonds. The molecule has 7 nitrogen and oxygen atoms in total. The molecule has 1 aromatic carbocycles. The van der Waals surface area contributed by atoms with E-state index in [4.69, 9.17) is 9.47 Å². The van der Waals surface area contributed by atoms with Gasteiger partial charge >= 0.3 is 12.1 Å². The molecular weight excluding hydrogens is 298 g/mol. The second-order valence-electron chi connectivity index (χ2n) is 5.04. The van der Waals surface area contributed by atoms with E-state index in [-0.39, 0.29) is 12.6 Å². The Bertz CT molecular complexity index is 533. The van der Waals surface area contributed by atoms with Crippen LogP contribution >= 0.6 is 0 Å². The number of carbonyl (C=O) groups excluding carboxylic acids is 2. The summed E-state index contributed by atoms with van der Waals surface area (Å²) in [4.78, 5) is 24.4. The highest BCUT2D eigenvalue weighted by Crippen LogP contribution is 2.18. The van der Waals surface area contributed by atoms with Gasteiger partial charge < -0.3 is 14.8 Å². The smallest absolute Gasteiger partial charge is 0.428 e. The molecule has 1 heterocycles. The zero-order valence-corrected chi connectivity index (χ0v) is 13.6. The molecule has 0 radical (unpaired) electrons. The van der Waals surface area contributed by atoms with Gasteiger partial charge in [0, 0.05) is 18.8 Å². The van der Waals surface area contributed by atoms with Gasteiger partial charge in [-0.1, -0.05) is 0 Å². The maximum atomic E-state index is 12.4. The monoisotopic (exact) mass is 321 g/mol. The molecule has 1 fully saturated rings. The number of nitrogens with zero attached hydrogens (tertiary/aromatic N) is 2. The number of hydrogen-bond acceptors (Lipinski definition) is 4. The van der Waals surface area contributed by atoms with E-state index in [0.717, 1.165) is 18.6 Å². The largest absolute Gasteiger partial charge is 0.494 e. The second kappa shape index (κ2) is 8.26. The van der Waals surface area contributed by atoms with Crippen molar-refractivity contribution in [1.82, 2.24) is 10.0 Å². The van der Waals surface area contributed by atoms with Crippen LogP contribution in [-0.4, -0.2) is 48.4 Å². The fourth-order valence-electron chi connectivity index (χ4n) is 2.35. The lowest BCUT2D eigenvalue weighted by Crippen LogP contribution is -2.54. The van der Waals surface area contributed by atoms with Gasteiger partial charge in [0.1, 0.15) is 5.75 Å². The molecule has 0 saturated carbocycles. The molecule has 0 bridgehead atoms. The maximum Gasteiger partial charge on any atom is 0.428 e. The number of nitrogens with one attached hydrogen (secondary N) is 1. The first kappa shape index (κ1) is 16.9. The average molecular weight is 321 g/mol. The van der Waals surface area contributed by atoms with Crippen molar-refractivity contribution >= 4 is 17.8 Å². The Hall–Kier alpha value is -2.44. The summed E-state index contributed by atoms with van der Waals surface area (Å²) in [7, 11) is 0. The van der Waals surface area contributed by atoms with Crippen LogP contribution in [0.15, 0.2) is 24.3 Å². The van der Waals surface area contributed by atoms with Gasteiger partial charge in [-0.25, -0.2) is 19.6 Å². The molecule has 0 spiro atoms. The summed E-state index contributed by atoms with van der Waals surface area (Å²) in [5.41, 5.74) is 0.646. The SMILES string of the molecule is CCOC(=O)N1CCCCN1C(=O)Nc1ccc(OCC)cc1. The Labute approximate surface area is 136 Å². The Balaban J connectivity index is 2.00. The molecule has 1 aliphatic rings. The standard InChI is InChI=1S/C16H23N3O4/c1-3-22-14-9-7-13(8-10-14)17-15(20)18-11-5-6-12-19(18)16(21)23-4-2/h7-10H,3-6,11-12H2,1-2H3,(H,17,20). The zero-order chi connectivity index (χ0) is 16.7. The van der Waals surface area contributed by atoms with E-state index in [1.54, 1.807) is 31.2 Å². The summed E-state index contributed by atoms with van der Waals surface area (Å²) in [6.07, 6.45) is 1.21. The molecule has 0 unspecified atom stereocenters. The first-order valence-electron chi connectivity index (χ1n) is 7.91. The van der Waals surface area contributed by atoms with Crippen LogP contribution in [0.4, 0.5) is 15.3 Å². The lowest BCUT2D eigenvalue weighted by Gasteiger charge is -2.37. The van der Waals surface area contributed by atoms with E-state index in [2.05, 4.69) is 5.32 Å². The third-order valence-electron chi connectivity index (χ3n) is 3.41. The van der Waals surface area contributed by atoms with Crippen LogP contribution in [0, 0.1) is 0 Å². The van der Waals surface area contributed by atoms with Crippen molar-refractivity contribution in [2.75, 3.05) is 31.6 Å². The van der Waals surface area contributed by atoms with E-state index >= 15 is 0 Å². The number of ether oxygens (including phenoxy) is 2. The molecule has 0 atom stereocenters. The summed E-state index contributed by atoms with van der Waals surface area (Å²) in [6.45, 7) is 5.50. The molecule has 0 aliphatic carbocycles. The predicted molar refractivity (Wildman–Crippen MR) is 86.3 cm³/mol. The Morgan fingerprint density at radius 1 is 1.04 bits per heavy atom. The quantitative estimate of drug-likeness (QED) is 0.925. The van der Waals surface area contributed by atoms with Gasteiger partial charge in [0.2, 0.25) is 0 Å². The number of urea groups is 1. The molecular formula is C16H23N3O4. The minimum atomic E-state index is -0.492. The van der Waals surface area contributed by atoms with Crippen molar-refractivity contribution in [2.24, 2.45) is 0 Å². The number of rotatable bonds is 4. The van der Waals surface area contributed by atoms with Crippen LogP contribution in [0.2, 0.25) is 0 Å². The highest BCUT2D eigenvalue weighted by Gasteiger charge is 2.29. The van der Waals surface area contributed by atoms with E-state index in [0.29, 0.717) is 25.4 Å². The van der Waals surface area contributed by atoms with Crippen molar-refractivity contribution in [3.05, 3.63) is 24.3 Å². The van der Waals surface area contributed by atoms with Gasteiger partial charge in [0.25, 0.3) is 0 Å². The molecule has 1 N–H and O–H groups in total. The minimum Gasteiger partial charge on any atom is -0.494 e. The van der Waals surface area contributed by atoms with Gasteiger partial charge in [-0.3, -0.25) is 0 Å². The molecule has 7 heteroatoms. The number of carbonyl (C=O) groups is 2. The Kier molecular flexibility index (Phi) is 6.08. The maximum absolute atomic E-state index is 12.4. The van der Waals surface area contributed by atoms with Crippen LogP contribution in [0.3, 0.4) is 0 Å². The van der Waals surface area contributed by atoms with Crippen molar-refractivity contribution in [3.63, 3.8) is 0 Å². The van der Waals surface area contributed by atoms with E-state index in [9.17, 15) is 9.59 Å². The van der Waals surface area contributed by atoms with Gasteiger partial charge in [-0.05, 0) is 51.0 Å². The van der Waals surface area contributed by atoms with Gasteiger partial charge in [0.15, 0.2) is 0 Å². The van der Waals surface area contributed by atoms with Gasteiger partial charge in [-0.15, -0.1) is 0 Å². The van der Waals surface area contributed by atoms with E-state index in [1.807, 2.05) is 6.92 Å². The molecule has 126 valence electrons. The number of hydrogen-bond donors (Lipinski definition) is 1. The summed E-state index contributed by atoms with van der Waals surface area (Å²) in [5, 5.41) is 5.55. The highest BCUT2D eigenvalue weighted by atomic mass is 16.6. The van der Waals surface area contributed by atoms with Crippen LogP contribution in [0.5, 0.6) is 5.75 Å². The highest BCUT2D eigenvalue weighted by molar-refractivity contribution is 5.90. The zero-order valence-electron chi connectivity index (χ0n) is 13.6. The summed E-state index contributed by atoms with van der Waals surface area (Å²) in [6, 6.07) is 6.77. The fourth-order valence-corrected chi connectivity index (χ4v) is 2.35. The molecule has 1 aromatic rings. The van der Waals surface area contributed by atoms with Crippen LogP contribution < -0.4 is 10.1 Å². The van der Waals surface area contributed by atoms with Crippen molar-refractivity contribution < 1.29 is 19.1 Å². The second-order valence-corrected chi connectivity index (χ2v) is 5.04. The molecule has 1 saturated heterocycles. The number of amides is 3. The van der Waals surface area contributed by atoms with Crippen LogP contribution in [0.1, 0.15) is 26.7 Å². The minimum absolute atomic E-state index is 0.281. The molecule has 2 rings (SSSR count). The van der Waals surface area contributed by atoms with E-state index in [1.165, 1.54) is 10.0 Å². The summed E-state index contributed by atoms with van der Waals surface area (Å²) in [5.74, 6) is 0.747. The number of anilines is 1. The molecule has 1 aliphatic heterocycles.